The molecule has 7 heteroatoms. The lowest BCUT2D eigenvalue weighted by Crippen LogP contribution is -2.40. The first-order chi connectivity index (χ1) is 13.9. The Bertz CT molecular complexity index is 861. The molecule has 2 aliphatic rings. The second kappa shape index (κ2) is 8.20. The van der Waals surface area contributed by atoms with Gasteiger partial charge in [0, 0.05) is 67.7 Å². The van der Waals surface area contributed by atoms with Crippen LogP contribution in [-0.2, 0) is 16.1 Å². The fourth-order valence-electron chi connectivity index (χ4n) is 4.85. The zero-order chi connectivity index (χ0) is 20.6. The molecule has 0 N–H and O–H groups in total. The standard InChI is InChI=1S/C22H32N4O2S/c1-16(2)26-13-20(23-15-26)19-12-24(11-18-6-5-17(3)29-18)14-22(19)7-8-25(21(22)27)9-10-28-4/h5-6,13,15-16,19H,7-12,14H2,1-4H3/t19-,22+/m1/s1. The van der Waals surface area contributed by atoms with Crippen LogP contribution in [0.5, 0.6) is 0 Å². The van der Waals surface area contributed by atoms with E-state index in [0.717, 1.165) is 38.3 Å². The largest absolute Gasteiger partial charge is 0.383 e. The maximum atomic E-state index is 13.6. The third-order valence-corrected chi connectivity index (χ3v) is 7.46. The number of ether oxygens (including phenoxy) is 1. The molecule has 2 aromatic heterocycles. The SMILES string of the molecule is COCCN1CC[C@@]2(CN(Cc3ccc(C)s3)C[C@@H]2c2cn(C(C)C)cn2)C1=O. The van der Waals surface area contributed by atoms with Gasteiger partial charge in [0.05, 0.1) is 24.0 Å². The Kier molecular flexibility index (Phi) is 5.82. The van der Waals surface area contributed by atoms with Gasteiger partial charge in [-0.25, -0.2) is 4.98 Å². The number of thiophene rings is 1. The maximum absolute atomic E-state index is 13.6. The monoisotopic (exact) mass is 416 g/mol. The molecule has 2 aromatic rings. The van der Waals surface area contributed by atoms with E-state index in [0.29, 0.717) is 19.2 Å². The number of carbonyl (C=O) groups is 1. The summed E-state index contributed by atoms with van der Waals surface area (Å²) in [6.45, 7) is 11.2. The lowest BCUT2D eigenvalue weighted by atomic mass is 9.75. The van der Waals surface area contributed by atoms with E-state index in [2.05, 4.69) is 48.6 Å². The van der Waals surface area contributed by atoms with E-state index >= 15 is 0 Å². The number of carbonyl (C=O) groups excluding carboxylic acids is 1. The number of rotatable bonds is 7. The molecule has 0 bridgehead atoms. The molecule has 29 heavy (non-hydrogen) atoms. The second-order valence-corrected chi connectivity index (χ2v) is 10.1. The predicted octanol–water partition coefficient (Wildman–Crippen LogP) is 3.30. The maximum Gasteiger partial charge on any atom is 0.230 e. The number of hydrogen-bond acceptors (Lipinski definition) is 5. The van der Waals surface area contributed by atoms with Gasteiger partial charge in [0.15, 0.2) is 0 Å². The van der Waals surface area contributed by atoms with Crippen LogP contribution in [0.2, 0.25) is 0 Å². The highest BCUT2D eigenvalue weighted by atomic mass is 32.1. The molecular formula is C22H32N4O2S. The van der Waals surface area contributed by atoms with E-state index < -0.39 is 0 Å². The molecule has 0 saturated carbocycles. The zero-order valence-corrected chi connectivity index (χ0v) is 18.7. The molecule has 2 fully saturated rings. The Morgan fingerprint density at radius 2 is 2.21 bits per heavy atom. The molecule has 4 rings (SSSR count). The van der Waals surface area contributed by atoms with E-state index in [1.165, 1.54) is 9.75 Å². The fraction of sp³-hybridized carbons (Fsp3) is 0.636. The van der Waals surface area contributed by atoms with Crippen molar-refractivity contribution < 1.29 is 9.53 Å². The molecule has 0 aromatic carbocycles. The van der Waals surface area contributed by atoms with Crippen LogP contribution in [0.25, 0.3) is 0 Å². The van der Waals surface area contributed by atoms with Gasteiger partial charge in [-0.2, -0.15) is 0 Å². The highest BCUT2D eigenvalue weighted by Crippen LogP contribution is 2.50. The molecule has 158 valence electrons. The second-order valence-electron chi connectivity index (χ2n) is 8.77. The van der Waals surface area contributed by atoms with Gasteiger partial charge in [-0.05, 0) is 39.3 Å². The summed E-state index contributed by atoms with van der Waals surface area (Å²) in [6, 6.07) is 4.77. The van der Waals surface area contributed by atoms with Crippen LogP contribution in [0.4, 0.5) is 0 Å². The van der Waals surface area contributed by atoms with Gasteiger partial charge in [-0.15, -0.1) is 11.3 Å². The summed E-state index contributed by atoms with van der Waals surface area (Å²) in [5.74, 6) is 0.423. The predicted molar refractivity (Wildman–Crippen MR) is 115 cm³/mol. The van der Waals surface area contributed by atoms with Crippen molar-refractivity contribution >= 4 is 17.2 Å². The van der Waals surface area contributed by atoms with Crippen LogP contribution < -0.4 is 0 Å². The summed E-state index contributed by atoms with van der Waals surface area (Å²) in [5.41, 5.74) is 0.696. The third kappa shape index (κ3) is 3.88. The number of methoxy groups -OCH3 is 1. The van der Waals surface area contributed by atoms with Gasteiger partial charge in [0.2, 0.25) is 5.91 Å². The summed E-state index contributed by atoms with van der Waals surface area (Å²) in [7, 11) is 1.69. The molecule has 0 radical (unpaired) electrons. The Labute approximate surface area is 177 Å². The Balaban J connectivity index is 1.61. The number of nitrogens with zero attached hydrogens (tertiary/aromatic N) is 4. The number of hydrogen-bond donors (Lipinski definition) is 0. The fourth-order valence-corrected chi connectivity index (χ4v) is 5.78. The van der Waals surface area contributed by atoms with E-state index in [-0.39, 0.29) is 17.2 Å². The van der Waals surface area contributed by atoms with Gasteiger partial charge in [0.1, 0.15) is 0 Å². The van der Waals surface area contributed by atoms with Crippen molar-refractivity contribution in [1.29, 1.82) is 0 Å². The van der Waals surface area contributed by atoms with E-state index in [9.17, 15) is 4.79 Å². The van der Waals surface area contributed by atoms with E-state index in [4.69, 9.17) is 9.72 Å². The van der Waals surface area contributed by atoms with E-state index in [1.54, 1.807) is 7.11 Å². The van der Waals surface area contributed by atoms with Gasteiger partial charge in [-0.3, -0.25) is 9.69 Å². The molecule has 0 unspecified atom stereocenters. The molecule has 1 spiro atoms. The molecule has 2 aliphatic heterocycles. The average molecular weight is 417 g/mol. The quantitative estimate of drug-likeness (QED) is 0.695. The lowest BCUT2D eigenvalue weighted by Gasteiger charge is -2.28. The number of amides is 1. The number of aromatic nitrogens is 2. The molecule has 4 heterocycles. The smallest absolute Gasteiger partial charge is 0.230 e. The molecular weight excluding hydrogens is 384 g/mol. The van der Waals surface area contributed by atoms with Crippen LogP contribution >= 0.6 is 11.3 Å². The molecule has 2 atom stereocenters. The van der Waals surface area contributed by atoms with Crippen molar-refractivity contribution in [1.82, 2.24) is 19.4 Å². The molecule has 0 aliphatic carbocycles. The number of imidazole rings is 1. The minimum Gasteiger partial charge on any atom is -0.383 e. The summed E-state index contributed by atoms with van der Waals surface area (Å²) in [4.78, 5) is 25.5. The Morgan fingerprint density at radius 1 is 1.38 bits per heavy atom. The summed E-state index contributed by atoms with van der Waals surface area (Å²) < 4.78 is 7.38. The van der Waals surface area contributed by atoms with Crippen LogP contribution in [0.1, 0.15) is 47.7 Å². The topological polar surface area (TPSA) is 50.6 Å². The Morgan fingerprint density at radius 3 is 2.86 bits per heavy atom. The van der Waals surface area contributed by atoms with Crippen LogP contribution in [-0.4, -0.2) is 65.2 Å². The summed E-state index contributed by atoms with van der Waals surface area (Å²) in [6.07, 6.45) is 4.97. The molecule has 6 nitrogen and oxygen atoms in total. The number of aryl methyl sites for hydroxylation is 1. The number of likely N-dealkylation sites (tertiary alicyclic amines) is 2. The van der Waals surface area contributed by atoms with Gasteiger partial charge < -0.3 is 14.2 Å². The van der Waals surface area contributed by atoms with Crippen LogP contribution in [0, 0.1) is 12.3 Å². The first-order valence-electron chi connectivity index (χ1n) is 10.5. The summed E-state index contributed by atoms with van der Waals surface area (Å²) >= 11 is 1.85. The highest BCUT2D eigenvalue weighted by molar-refractivity contribution is 7.11. The van der Waals surface area contributed by atoms with Crippen LogP contribution in [0.15, 0.2) is 24.7 Å². The average Bonchev–Trinajstić information content (AvgIpc) is 3.44. The normalized spacial score (nSPS) is 25.2. The first kappa shape index (κ1) is 20.6. The Hall–Kier alpha value is -1.70. The molecule has 1 amide bonds. The van der Waals surface area contributed by atoms with Crippen molar-refractivity contribution in [2.24, 2.45) is 5.41 Å². The third-order valence-electron chi connectivity index (χ3n) is 6.47. The minimum atomic E-state index is -0.365. The lowest BCUT2D eigenvalue weighted by molar-refractivity contribution is -0.136. The first-order valence-corrected chi connectivity index (χ1v) is 11.3. The van der Waals surface area contributed by atoms with Gasteiger partial charge in [0.25, 0.3) is 0 Å². The zero-order valence-electron chi connectivity index (χ0n) is 17.9. The van der Waals surface area contributed by atoms with Crippen molar-refractivity contribution in [3.05, 3.63) is 40.1 Å². The van der Waals surface area contributed by atoms with E-state index in [1.807, 2.05) is 22.6 Å². The molecule has 2 saturated heterocycles. The van der Waals surface area contributed by atoms with Crippen LogP contribution in [0.3, 0.4) is 0 Å². The van der Waals surface area contributed by atoms with Gasteiger partial charge in [-0.1, -0.05) is 0 Å². The van der Waals surface area contributed by atoms with Crippen molar-refractivity contribution in [3.63, 3.8) is 0 Å². The van der Waals surface area contributed by atoms with Crippen molar-refractivity contribution in [2.75, 3.05) is 39.9 Å². The van der Waals surface area contributed by atoms with Crippen molar-refractivity contribution in [2.45, 2.75) is 45.7 Å². The minimum absolute atomic E-state index is 0.142. The highest BCUT2D eigenvalue weighted by Gasteiger charge is 2.57. The summed E-state index contributed by atoms with van der Waals surface area (Å²) in [5, 5.41) is 0. The van der Waals surface area contributed by atoms with Gasteiger partial charge >= 0.3 is 0 Å². The van der Waals surface area contributed by atoms with Crippen molar-refractivity contribution in [3.8, 4) is 0 Å².